The van der Waals surface area contributed by atoms with E-state index in [9.17, 15) is 4.79 Å². The number of nitrogens with two attached hydrogens (primary N) is 1. The summed E-state index contributed by atoms with van der Waals surface area (Å²) in [6.45, 7) is 2.90. The first-order chi connectivity index (χ1) is 8.66. The number of amides is 1. The van der Waals surface area contributed by atoms with Gasteiger partial charge in [0, 0.05) is 31.2 Å². The van der Waals surface area contributed by atoms with Crippen molar-refractivity contribution in [1.29, 1.82) is 0 Å². The zero-order valence-corrected chi connectivity index (χ0v) is 10.7. The Morgan fingerprint density at radius 1 is 1.67 bits per heavy atom. The molecule has 2 heterocycles. The smallest absolute Gasteiger partial charge is 0.254 e. The van der Waals surface area contributed by atoms with Crippen molar-refractivity contribution in [2.45, 2.75) is 12.8 Å². The van der Waals surface area contributed by atoms with E-state index >= 15 is 0 Å². The first kappa shape index (κ1) is 12.8. The SMILES string of the molecule is CN1CCC[C@@H](CNC(=O)c2cnccc2N)C1. The largest absolute Gasteiger partial charge is 0.398 e. The van der Waals surface area contributed by atoms with Gasteiger partial charge in [-0.3, -0.25) is 9.78 Å². The number of carbonyl (C=O) groups is 1. The summed E-state index contributed by atoms with van der Waals surface area (Å²) in [5.74, 6) is 0.402. The van der Waals surface area contributed by atoms with Gasteiger partial charge in [-0.25, -0.2) is 0 Å². The number of nitrogens with one attached hydrogen (secondary N) is 1. The number of pyridine rings is 1. The highest BCUT2D eigenvalue weighted by atomic mass is 16.1. The van der Waals surface area contributed by atoms with Crippen LogP contribution in [-0.2, 0) is 0 Å². The summed E-state index contributed by atoms with van der Waals surface area (Å²) >= 11 is 0. The molecule has 5 heteroatoms. The first-order valence-electron chi connectivity index (χ1n) is 6.33. The van der Waals surface area contributed by atoms with Gasteiger partial charge in [0.1, 0.15) is 0 Å². The molecule has 0 radical (unpaired) electrons. The molecule has 1 fully saturated rings. The third-order valence-electron chi connectivity index (χ3n) is 3.37. The van der Waals surface area contributed by atoms with Crippen molar-refractivity contribution in [3.8, 4) is 0 Å². The number of nitrogens with zero attached hydrogens (tertiary/aromatic N) is 2. The molecule has 0 bridgehead atoms. The van der Waals surface area contributed by atoms with Crippen LogP contribution in [0.15, 0.2) is 18.5 Å². The highest BCUT2D eigenvalue weighted by molar-refractivity contribution is 5.98. The Labute approximate surface area is 107 Å². The molecule has 0 aliphatic carbocycles. The van der Waals surface area contributed by atoms with Crippen molar-refractivity contribution in [3.63, 3.8) is 0 Å². The summed E-state index contributed by atoms with van der Waals surface area (Å²) in [5.41, 5.74) is 6.68. The van der Waals surface area contributed by atoms with Crippen LogP contribution in [0.4, 0.5) is 5.69 Å². The Hall–Kier alpha value is -1.62. The van der Waals surface area contributed by atoms with E-state index in [0.29, 0.717) is 23.7 Å². The molecule has 2 rings (SSSR count). The third kappa shape index (κ3) is 3.20. The molecular formula is C13H20N4O. The lowest BCUT2D eigenvalue weighted by molar-refractivity contribution is 0.0937. The fraction of sp³-hybridized carbons (Fsp3) is 0.538. The maximum Gasteiger partial charge on any atom is 0.254 e. The minimum atomic E-state index is -0.131. The molecule has 0 saturated carbocycles. The van der Waals surface area contributed by atoms with E-state index in [0.717, 1.165) is 13.1 Å². The Bertz CT molecular complexity index is 421. The Balaban J connectivity index is 1.87. The lowest BCUT2D eigenvalue weighted by atomic mass is 9.98. The van der Waals surface area contributed by atoms with Gasteiger partial charge in [-0.05, 0) is 38.4 Å². The van der Waals surface area contributed by atoms with Crippen LogP contribution in [0.2, 0.25) is 0 Å². The van der Waals surface area contributed by atoms with E-state index in [-0.39, 0.29) is 5.91 Å². The van der Waals surface area contributed by atoms with Gasteiger partial charge in [0.05, 0.1) is 5.56 Å². The van der Waals surface area contributed by atoms with Gasteiger partial charge in [0.2, 0.25) is 0 Å². The van der Waals surface area contributed by atoms with Crippen molar-refractivity contribution in [2.75, 3.05) is 32.4 Å². The van der Waals surface area contributed by atoms with Crippen molar-refractivity contribution in [2.24, 2.45) is 5.92 Å². The molecule has 1 aliphatic heterocycles. The van der Waals surface area contributed by atoms with Gasteiger partial charge in [0.25, 0.3) is 5.91 Å². The zero-order chi connectivity index (χ0) is 13.0. The van der Waals surface area contributed by atoms with Gasteiger partial charge < -0.3 is 16.0 Å². The summed E-state index contributed by atoms with van der Waals surface area (Å²) in [4.78, 5) is 18.2. The van der Waals surface area contributed by atoms with E-state index in [4.69, 9.17) is 5.73 Å². The molecule has 0 unspecified atom stereocenters. The predicted molar refractivity (Wildman–Crippen MR) is 71.2 cm³/mol. The van der Waals surface area contributed by atoms with Gasteiger partial charge in [-0.1, -0.05) is 0 Å². The number of nitrogen functional groups attached to an aromatic ring is 1. The highest BCUT2D eigenvalue weighted by Crippen LogP contribution is 2.14. The Kier molecular flexibility index (Phi) is 4.15. The van der Waals surface area contributed by atoms with Crippen LogP contribution in [0.1, 0.15) is 23.2 Å². The van der Waals surface area contributed by atoms with Gasteiger partial charge in [0.15, 0.2) is 0 Å². The van der Waals surface area contributed by atoms with Crippen LogP contribution in [0.5, 0.6) is 0 Å². The molecule has 0 aromatic carbocycles. The summed E-state index contributed by atoms with van der Waals surface area (Å²) in [7, 11) is 2.12. The summed E-state index contributed by atoms with van der Waals surface area (Å²) < 4.78 is 0. The second kappa shape index (κ2) is 5.82. The fourth-order valence-corrected chi connectivity index (χ4v) is 2.37. The van der Waals surface area contributed by atoms with Crippen LogP contribution in [-0.4, -0.2) is 42.5 Å². The highest BCUT2D eigenvalue weighted by Gasteiger charge is 2.18. The molecule has 1 aliphatic rings. The van der Waals surface area contributed by atoms with Crippen molar-refractivity contribution in [3.05, 3.63) is 24.0 Å². The first-order valence-corrected chi connectivity index (χ1v) is 6.33. The maximum atomic E-state index is 11.9. The minimum Gasteiger partial charge on any atom is -0.398 e. The van der Waals surface area contributed by atoms with Crippen LogP contribution in [0.25, 0.3) is 0 Å². The predicted octanol–water partition coefficient (Wildman–Crippen LogP) is 0.735. The molecule has 1 aromatic heterocycles. The van der Waals surface area contributed by atoms with Crippen LogP contribution >= 0.6 is 0 Å². The average molecular weight is 248 g/mol. The topological polar surface area (TPSA) is 71.2 Å². The maximum absolute atomic E-state index is 11.9. The molecular weight excluding hydrogens is 228 g/mol. The van der Waals surface area contributed by atoms with Crippen molar-refractivity contribution >= 4 is 11.6 Å². The molecule has 1 aromatic rings. The number of carbonyl (C=O) groups excluding carboxylic acids is 1. The van der Waals surface area contributed by atoms with Crippen LogP contribution < -0.4 is 11.1 Å². The van der Waals surface area contributed by atoms with E-state index < -0.39 is 0 Å². The number of piperidine rings is 1. The molecule has 3 N–H and O–H groups in total. The Morgan fingerprint density at radius 2 is 2.50 bits per heavy atom. The molecule has 1 saturated heterocycles. The van der Waals surface area contributed by atoms with Gasteiger partial charge in [-0.15, -0.1) is 0 Å². The number of likely N-dealkylation sites (tertiary alicyclic amines) is 1. The Morgan fingerprint density at radius 3 is 3.22 bits per heavy atom. The molecule has 18 heavy (non-hydrogen) atoms. The zero-order valence-electron chi connectivity index (χ0n) is 10.7. The summed E-state index contributed by atoms with van der Waals surface area (Å²) in [5, 5.41) is 2.94. The minimum absolute atomic E-state index is 0.131. The number of hydrogen-bond donors (Lipinski definition) is 2. The van der Waals surface area contributed by atoms with Crippen molar-refractivity contribution in [1.82, 2.24) is 15.2 Å². The number of anilines is 1. The molecule has 5 nitrogen and oxygen atoms in total. The van der Waals surface area contributed by atoms with Crippen molar-refractivity contribution < 1.29 is 4.79 Å². The van der Waals surface area contributed by atoms with Crippen LogP contribution in [0.3, 0.4) is 0 Å². The van der Waals surface area contributed by atoms with E-state index in [1.54, 1.807) is 12.3 Å². The monoisotopic (exact) mass is 248 g/mol. The van der Waals surface area contributed by atoms with Gasteiger partial charge >= 0.3 is 0 Å². The third-order valence-corrected chi connectivity index (χ3v) is 3.37. The van der Waals surface area contributed by atoms with E-state index in [1.807, 2.05) is 0 Å². The molecule has 98 valence electrons. The summed E-state index contributed by atoms with van der Waals surface area (Å²) in [6.07, 6.45) is 5.47. The fourth-order valence-electron chi connectivity index (χ4n) is 2.37. The van der Waals surface area contributed by atoms with Gasteiger partial charge in [-0.2, -0.15) is 0 Å². The lowest BCUT2D eigenvalue weighted by Crippen LogP contribution is -2.39. The quantitative estimate of drug-likeness (QED) is 0.827. The van der Waals surface area contributed by atoms with E-state index in [1.165, 1.54) is 19.0 Å². The number of aromatic nitrogens is 1. The second-order valence-corrected chi connectivity index (χ2v) is 4.94. The lowest BCUT2D eigenvalue weighted by Gasteiger charge is -2.29. The summed E-state index contributed by atoms with van der Waals surface area (Å²) in [6, 6.07) is 1.64. The second-order valence-electron chi connectivity index (χ2n) is 4.94. The molecule has 0 spiro atoms. The van der Waals surface area contributed by atoms with E-state index in [2.05, 4.69) is 22.2 Å². The number of hydrogen-bond acceptors (Lipinski definition) is 4. The number of rotatable bonds is 3. The normalized spacial score (nSPS) is 20.6. The standard InChI is InChI=1S/C13H20N4O/c1-17-6-2-3-10(9-17)7-16-13(18)11-8-15-5-4-12(11)14/h4-5,8,10H,2-3,6-7,9H2,1H3,(H2,14,15)(H,16,18)/t10-/m0/s1. The molecule has 1 amide bonds. The average Bonchev–Trinajstić information content (AvgIpc) is 2.37. The molecule has 1 atom stereocenters. The van der Waals surface area contributed by atoms with Crippen LogP contribution in [0, 0.1) is 5.92 Å².